The van der Waals surface area contributed by atoms with E-state index in [1.807, 2.05) is 47.2 Å². The van der Waals surface area contributed by atoms with Crippen molar-refractivity contribution in [2.75, 3.05) is 7.11 Å². The van der Waals surface area contributed by atoms with Crippen LogP contribution in [0.25, 0.3) is 16.9 Å². The van der Waals surface area contributed by atoms with Crippen LogP contribution in [-0.2, 0) is 6.42 Å². The molecule has 0 spiro atoms. The zero-order valence-corrected chi connectivity index (χ0v) is 15.9. The van der Waals surface area contributed by atoms with E-state index < -0.39 is 0 Å². The van der Waals surface area contributed by atoms with Gasteiger partial charge in [-0.3, -0.25) is 4.98 Å². The summed E-state index contributed by atoms with van der Waals surface area (Å²) in [5.41, 5.74) is 3.33. The molecule has 0 aliphatic rings. The predicted octanol–water partition coefficient (Wildman–Crippen LogP) is 5.33. The fourth-order valence-corrected chi connectivity index (χ4v) is 3.20. The molecule has 4 rings (SSSR count). The van der Waals surface area contributed by atoms with E-state index in [2.05, 4.69) is 4.98 Å². The third-order valence-electron chi connectivity index (χ3n) is 4.43. The molecule has 0 bridgehead atoms. The summed E-state index contributed by atoms with van der Waals surface area (Å²) in [4.78, 5) is 8.96. The molecule has 4 aromatic rings. The van der Waals surface area contributed by atoms with Crippen LogP contribution in [0.3, 0.4) is 0 Å². The van der Waals surface area contributed by atoms with E-state index in [0.29, 0.717) is 17.2 Å². The normalized spacial score (nSPS) is 10.8. The number of aromatic nitrogens is 3. The van der Waals surface area contributed by atoms with E-state index in [1.165, 1.54) is 12.1 Å². The summed E-state index contributed by atoms with van der Waals surface area (Å²) in [6, 6.07) is 15.8. The Hall–Kier alpha value is -3.18. The van der Waals surface area contributed by atoms with E-state index in [-0.39, 0.29) is 5.82 Å². The highest BCUT2D eigenvalue weighted by atomic mass is 35.5. The van der Waals surface area contributed by atoms with Gasteiger partial charge >= 0.3 is 0 Å². The van der Waals surface area contributed by atoms with Gasteiger partial charge < -0.3 is 9.30 Å². The van der Waals surface area contributed by atoms with Crippen molar-refractivity contribution in [3.05, 3.63) is 95.4 Å². The predicted molar refractivity (Wildman–Crippen MR) is 108 cm³/mol. The smallest absolute Gasteiger partial charge is 0.123 e. The standard InChI is InChI=1S/C22H17ClFN3O/c1-28-21-9-6-18(24)11-16(21)12-22-26-20(15-3-2-10-25-13-15)14-27(22)19-7-4-17(23)5-8-19/h2-11,13-14H,12H2,1H3. The topological polar surface area (TPSA) is 39.9 Å². The van der Waals surface area contributed by atoms with Crippen LogP contribution < -0.4 is 4.74 Å². The van der Waals surface area contributed by atoms with Crippen molar-refractivity contribution in [2.45, 2.75) is 6.42 Å². The van der Waals surface area contributed by atoms with Gasteiger partial charge in [0.25, 0.3) is 0 Å². The largest absolute Gasteiger partial charge is 0.496 e. The molecule has 0 saturated heterocycles. The molecular weight excluding hydrogens is 377 g/mol. The van der Waals surface area contributed by atoms with Gasteiger partial charge in [0.2, 0.25) is 0 Å². The first-order valence-electron chi connectivity index (χ1n) is 8.71. The number of hydrogen-bond donors (Lipinski definition) is 0. The minimum Gasteiger partial charge on any atom is -0.496 e. The number of hydrogen-bond acceptors (Lipinski definition) is 3. The second-order valence-corrected chi connectivity index (χ2v) is 6.70. The maximum atomic E-state index is 13.8. The lowest BCUT2D eigenvalue weighted by atomic mass is 10.1. The van der Waals surface area contributed by atoms with Gasteiger partial charge in [-0.2, -0.15) is 0 Å². The molecule has 2 heterocycles. The molecule has 0 amide bonds. The lowest BCUT2D eigenvalue weighted by molar-refractivity contribution is 0.409. The van der Waals surface area contributed by atoms with Gasteiger partial charge in [0.05, 0.1) is 12.8 Å². The third-order valence-corrected chi connectivity index (χ3v) is 4.68. The Kier molecular flexibility index (Phi) is 5.08. The van der Waals surface area contributed by atoms with Gasteiger partial charge in [-0.15, -0.1) is 0 Å². The molecule has 0 aliphatic carbocycles. The highest BCUT2D eigenvalue weighted by Gasteiger charge is 2.15. The van der Waals surface area contributed by atoms with Crippen LogP contribution in [0.4, 0.5) is 4.39 Å². The summed E-state index contributed by atoms with van der Waals surface area (Å²) < 4.78 is 21.2. The van der Waals surface area contributed by atoms with Gasteiger partial charge in [-0.25, -0.2) is 9.37 Å². The summed E-state index contributed by atoms with van der Waals surface area (Å²) in [6.45, 7) is 0. The molecule has 0 aliphatic heterocycles. The lowest BCUT2D eigenvalue weighted by Gasteiger charge is -2.11. The van der Waals surface area contributed by atoms with Gasteiger partial charge in [0.15, 0.2) is 0 Å². The first-order valence-corrected chi connectivity index (χ1v) is 9.09. The van der Waals surface area contributed by atoms with Crippen molar-refractivity contribution >= 4 is 11.6 Å². The van der Waals surface area contributed by atoms with Gasteiger partial charge in [0.1, 0.15) is 17.4 Å². The van der Waals surface area contributed by atoms with Crippen molar-refractivity contribution < 1.29 is 9.13 Å². The molecule has 0 saturated carbocycles. The maximum absolute atomic E-state index is 13.8. The number of benzene rings is 2. The monoisotopic (exact) mass is 393 g/mol. The Balaban J connectivity index is 1.82. The summed E-state index contributed by atoms with van der Waals surface area (Å²) in [7, 11) is 1.57. The molecule has 0 radical (unpaired) electrons. The van der Waals surface area contributed by atoms with Crippen molar-refractivity contribution in [2.24, 2.45) is 0 Å². The zero-order valence-electron chi connectivity index (χ0n) is 15.1. The van der Waals surface area contributed by atoms with Crippen molar-refractivity contribution in [3.8, 4) is 22.7 Å². The molecule has 0 N–H and O–H groups in total. The van der Waals surface area contributed by atoms with E-state index in [0.717, 1.165) is 28.3 Å². The van der Waals surface area contributed by atoms with Crippen LogP contribution >= 0.6 is 11.6 Å². The van der Waals surface area contributed by atoms with Gasteiger partial charge in [0, 0.05) is 46.8 Å². The Morgan fingerprint density at radius 2 is 1.93 bits per heavy atom. The number of nitrogens with zero attached hydrogens (tertiary/aromatic N) is 3. The van der Waals surface area contributed by atoms with E-state index in [9.17, 15) is 4.39 Å². The zero-order chi connectivity index (χ0) is 19.5. The molecule has 140 valence electrons. The molecule has 0 unspecified atom stereocenters. The van der Waals surface area contributed by atoms with Crippen LogP contribution in [0.15, 0.2) is 73.2 Å². The summed E-state index contributed by atoms with van der Waals surface area (Å²) in [5, 5.41) is 0.657. The summed E-state index contributed by atoms with van der Waals surface area (Å²) in [5.74, 6) is 1.06. The molecular formula is C22H17ClFN3O. The molecule has 2 aromatic heterocycles. The molecule has 6 heteroatoms. The van der Waals surface area contributed by atoms with Crippen LogP contribution in [0.1, 0.15) is 11.4 Å². The first-order chi connectivity index (χ1) is 13.6. The average molecular weight is 394 g/mol. The van der Waals surface area contributed by atoms with Crippen molar-refractivity contribution in [1.29, 1.82) is 0 Å². The first kappa shape index (κ1) is 18.2. The maximum Gasteiger partial charge on any atom is 0.123 e. The fourth-order valence-electron chi connectivity index (χ4n) is 3.08. The van der Waals surface area contributed by atoms with Gasteiger partial charge in [-0.1, -0.05) is 11.6 Å². The number of ether oxygens (including phenoxy) is 1. The van der Waals surface area contributed by atoms with Crippen LogP contribution in [0.5, 0.6) is 5.75 Å². The Morgan fingerprint density at radius 1 is 1.11 bits per heavy atom. The van der Waals surface area contributed by atoms with Crippen LogP contribution in [-0.4, -0.2) is 21.6 Å². The van der Waals surface area contributed by atoms with Gasteiger partial charge in [-0.05, 0) is 54.6 Å². The quantitative estimate of drug-likeness (QED) is 0.460. The molecule has 28 heavy (non-hydrogen) atoms. The summed E-state index contributed by atoms with van der Waals surface area (Å²) >= 11 is 6.04. The molecule has 2 aromatic carbocycles. The van der Waals surface area contributed by atoms with E-state index in [1.54, 1.807) is 25.6 Å². The third kappa shape index (κ3) is 3.75. The minimum atomic E-state index is -0.312. The number of imidazole rings is 1. The SMILES string of the molecule is COc1ccc(F)cc1Cc1nc(-c2cccnc2)cn1-c1ccc(Cl)cc1. The summed E-state index contributed by atoms with van der Waals surface area (Å²) in [6.07, 6.45) is 5.84. The van der Waals surface area contributed by atoms with Crippen LogP contribution in [0.2, 0.25) is 5.02 Å². The second-order valence-electron chi connectivity index (χ2n) is 6.26. The Morgan fingerprint density at radius 3 is 2.64 bits per heavy atom. The average Bonchev–Trinajstić information content (AvgIpc) is 3.13. The van der Waals surface area contributed by atoms with Crippen molar-refractivity contribution in [3.63, 3.8) is 0 Å². The highest BCUT2D eigenvalue weighted by molar-refractivity contribution is 6.30. The number of halogens is 2. The molecule has 4 nitrogen and oxygen atoms in total. The highest BCUT2D eigenvalue weighted by Crippen LogP contribution is 2.27. The van der Waals surface area contributed by atoms with E-state index in [4.69, 9.17) is 21.3 Å². The number of methoxy groups -OCH3 is 1. The minimum absolute atomic E-state index is 0.312. The number of pyridine rings is 1. The molecule has 0 atom stereocenters. The lowest BCUT2D eigenvalue weighted by Crippen LogP contribution is -2.03. The van der Waals surface area contributed by atoms with E-state index >= 15 is 0 Å². The fraction of sp³-hybridized carbons (Fsp3) is 0.0909. The Bertz CT molecular complexity index is 1090. The van der Waals surface area contributed by atoms with Crippen molar-refractivity contribution in [1.82, 2.24) is 14.5 Å². The molecule has 0 fully saturated rings. The van der Waals surface area contributed by atoms with Crippen LogP contribution in [0, 0.1) is 5.82 Å². The second kappa shape index (κ2) is 7.82. The number of rotatable bonds is 5. The Labute approximate surface area is 167 Å².